The van der Waals surface area contributed by atoms with Gasteiger partial charge >= 0.3 is 0 Å². The number of carbonyl (C=O) groups is 2. The Hall–Kier alpha value is -2.61. The van der Waals surface area contributed by atoms with Crippen molar-refractivity contribution in [1.82, 2.24) is 4.98 Å². The van der Waals surface area contributed by atoms with Gasteiger partial charge in [-0.2, -0.15) is 0 Å². The van der Waals surface area contributed by atoms with Crippen molar-refractivity contribution in [3.63, 3.8) is 0 Å². The maximum atomic E-state index is 12.2. The molecular weight excluding hydrogens is 290 g/mol. The second kappa shape index (κ2) is 5.80. The van der Waals surface area contributed by atoms with Crippen molar-refractivity contribution in [1.29, 1.82) is 0 Å². The number of rotatable bonds is 4. The van der Waals surface area contributed by atoms with E-state index >= 15 is 0 Å². The number of hydrogen-bond acceptors (Lipinski definition) is 6. The van der Waals surface area contributed by atoms with Crippen LogP contribution in [0.5, 0.6) is 0 Å². The average Bonchev–Trinajstić information content (AvgIpc) is 2.81. The number of benzene rings is 1. The van der Waals surface area contributed by atoms with Gasteiger partial charge in [-0.05, 0) is 24.3 Å². The number of nitrogens with two attached hydrogens (primary N) is 2. The molecule has 0 saturated heterocycles. The molecular formula is C13H15N5O2S. The monoisotopic (exact) mass is 305 g/mol. The van der Waals surface area contributed by atoms with Gasteiger partial charge in [0.1, 0.15) is 10.7 Å². The van der Waals surface area contributed by atoms with Crippen LogP contribution in [0.3, 0.4) is 0 Å². The summed E-state index contributed by atoms with van der Waals surface area (Å²) < 4.78 is 0. The molecule has 5 N–H and O–H groups in total. The van der Waals surface area contributed by atoms with E-state index in [0.717, 1.165) is 0 Å². The van der Waals surface area contributed by atoms with Gasteiger partial charge in [-0.3, -0.25) is 9.59 Å². The van der Waals surface area contributed by atoms with Crippen molar-refractivity contribution in [3.05, 3.63) is 34.7 Å². The number of nitrogens with zero attached hydrogens (tertiary/aromatic N) is 2. The van der Waals surface area contributed by atoms with Crippen molar-refractivity contribution >= 4 is 39.8 Å². The van der Waals surface area contributed by atoms with Crippen LogP contribution in [0, 0.1) is 0 Å². The number of amides is 2. The van der Waals surface area contributed by atoms with Crippen molar-refractivity contribution in [3.8, 4) is 0 Å². The quantitative estimate of drug-likeness (QED) is 0.783. The first-order chi connectivity index (χ1) is 9.88. The van der Waals surface area contributed by atoms with Gasteiger partial charge in [0, 0.05) is 25.3 Å². The lowest BCUT2D eigenvalue weighted by atomic mass is 10.2. The van der Waals surface area contributed by atoms with Crippen LogP contribution in [0.15, 0.2) is 24.3 Å². The van der Waals surface area contributed by atoms with Crippen LogP contribution >= 0.6 is 11.3 Å². The molecule has 0 aliphatic heterocycles. The first-order valence-corrected chi connectivity index (χ1v) is 6.85. The molecule has 1 aromatic carbocycles. The standard InChI is InChI=1S/C13H15N5O2S/c1-18(2)13-17-10(14)9(21-13)12(20)16-8-5-3-7(4-6-8)11(15)19/h3-6H,14H2,1-2H3,(H2,15,19)(H,16,20). The first-order valence-electron chi connectivity index (χ1n) is 6.03. The summed E-state index contributed by atoms with van der Waals surface area (Å²) in [6.45, 7) is 0. The van der Waals surface area contributed by atoms with Crippen LogP contribution in [0.4, 0.5) is 16.6 Å². The van der Waals surface area contributed by atoms with E-state index in [-0.39, 0.29) is 11.7 Å². The van der Waals surface area contributed by atoms with Crippen molar-refractivity contribution in [2.75, 3.05) is 30.0 Å². The molecule has 7 nitrogen and oxygen atoms in total. The van der Waals surface area contributed by atoms with Gasteiger partial charge in [-0.1, -0.05) is 11.3 Å². The second-order valence-corrected chi connectivity index (χ2v) is 5.48. The van der Waals surface area contributed by atoms with Gasteiger partial charge in [0.2, 0.25) is 5.91 Å². The highest BCUT2D eigenvalue weighted by atomic mass is 32.1. The molecule has 110 valence electrons. The number of primary amides is 1. The molecule has 0 atom stereocenters. The molecule has 0 spiro atoms. The normalized spacial score (nSPS) is 10.2. The Bertz CT molecular complexity index is 678. The smallest absolute Gasteiger partial charge is 0.269 e. The highest BCUT2D eigenvalue weighted by Gasteiger charge is 2.17. The predicted molar refractivity (Wildman–Crippen MR) is 83.8 cm³/mol. The van der Waals surface area contributed by atoms with E-state index in [1.165, 1.54) is 11.3 Å². The molecule has 0 aliphatic carbocycles. The summed E-state index contributed by atoms with van der Waals surface area (Å²) in [5, 5.41) is 3.35. The Morgan fingerprint density at radius 3 is 2.33 bits per heavy atom. The van der Waals surface area contributed by atoms with Crippen LogP contribution in [-0.2, 0) is 0 Å². The Balaban J connectivity index is 2.16. The van der Waals surface area contributed by atoms with Crippen LogP contribution in [-0.4, -0.2) is 30.9 Å². The summed E-state index contributed by atoms with van der Waals surface area (Å²) in [6.07, 6.45) is 0. The maximum absolute atomic E-state index is 12.2. The second-order valence-electron chi connectivity index (χ2n) is 4.50. The van der Waals surface area contributed by atoms with Crippen LogP contribution in [0.25, 0.3) is 0 Å². The molecule has 1 aromatic heterocycles. The van der Waals surface area contributed by atoms with Crippen LogP contribution in [0.1, 0.15) is 20.0 Å². The SMILES string of the molecule is CN(C)c1nc(N)c(C(=O)Nc2ccc(C(N)=O)cc2)s1. The summed E-state index contributed by atoms with van der Waals surface area (Å²) in [5.74, 6) is -0.671. The summed E-state index contributed by atoms with van der Waals surface area (Å²) >= 11 is 1.21. The topological polar surface area (TPSA) is 114 Å². The first kappa shape index (κ1) is 14.8. The van der Waals surface area contributed by atoms with Gasteiger partial charge in [-0.25, -0.2) is 4.98 Å². The number of aromatic nitrogens is 1. The third-order valence-electron chi connectivity index (χ3n) is 2.66. The Morgan fingerprint density at radius 2 is 1.86 bits per heavy atom. The van der Waals surface area contributed by atoms with Gasteiger partial charge in [0.25, 0.3) is 5.91 Å². The van der Waals surface area contributed by atoms with Gasteiger partial charge < -0.3 is 21.7 Å². The number of carbonyl (C=O) groups excluding carboxylic acids is 2. The summed E-state index contributed by atoms with van der Waals surface area (Å²) in [4.78, 5) is 29.4. The Kier molecular flexibility index (Phi) is 4.08. The van der Waals surface area contributed by atoms with E-state index in [2.05, 4.69) is 10.3 Å². The van der Waals surface area contributed by atoms with E-state index in [1.807, 2.05) is 14.1 Å². The molecule has 0 radical (unpaired) electrons. The minimum Gasteiger partial charge on any atom is -0.382 e. The highest BCUT2D eigenvalue weighted by molar-refractivity contribution is 7.18. The molecule has 8 heteroatoms. The lowest BCUT2D eigenvalue weighted by molar-refractivity contribution is 0.0998. The van der Waals surface area contributed by atoms with E-state index in [1.54, 1.807) is 29.2 Å². The number of nitrogens with one attached hydrogen (secondary N) is 1. The number of thiazole rings is 1. The zero-order valence-corrected chi connectivity index (χ0v) is 12.4. The molecule has 0 fully saturated rings. The van der Waals surface area contributed by atoms with Crippen molar-refractivity contribution in [2.45, 2.75) is 0 Å². The maximum Gasteiger partial charge on any atom is 0.269 e. The molecule has 0 aliphatic rings. The zero-order chi connectivity index (χ0) is 15.6. The van der Waals surface area contributed by atoms with Gasteiger partial charge in [0.15, 0.2) is 5.13 Å². The predicted octanol–water partition coefficient (Wildman–Crippen LogP) is 1.14. The van der Waals surface area contributed by atoms with Crippen LogP contribution < -0.4 is 21.7 Å². The van der Waals surface area contributed by atoms with Gasteiger partial charge in [-0.15, -0.1) is 0 Å². The fraction of sp³-hybridized carbons (Fsp3) is 0.154. The summed E-state index contributed by atoms with van der Waals surface area (Å²) in [7, 11) is 3.64. The molecule has 21 heavy (non-hydrogen) atoms. The Labute approximate surface area is 125 Å². The molecule has 1 heterocycles. The van der Waals surface area contributed by atoms with Crippen molar-refractivity contribution in [2.24, 2.45) is 5.73 Å². The van der Waals surface area contributed by atoms with E-state index < -0.39 is 5.91 Å². The lowest BCUT2D eigenvalue weighted by Crippen LogP contribution is -2.13. The summed E-state index contributed by atoms with van der Waals surface area (Å²) in [6, 6.07) is 6.28. The molecule has 2 amide bonds. The Morgan fingerprint density at radius 1 is 1.24 bits per heavy atom. The third-order valence-corrected chi connectivity index (χ3v) is 3.90. The summed E-state index contributed by atoms with van der Waals surface area (Å²) in [5.41, 5.74) is 11.8. The third kappa shape index (κ3) is 3.29. The van der Waals surface area contributed by atoms with E-state index in [9.17, 15) is 9.59 Å². The molecule has 0 bridgehead atoms. The van der Waals surface area contributed by atoms with Crippen molar-refractivity contribution < 1.29 is 9.59 Å². The molecule has 0 unspecified atom stereocenters. The number of hydrogen-bond donors (Lipinski definition) is 3. The number of anilines is 3. The van der Waals surface area contributed by atoms with E-state index in [4.69, 9.17) is 11.5 Å². The highest BCUT2D eigenvalue weighted by Crippen LogP contribution is 2.27. The van der Waals surface area contributed by atoms with Gasteiger partial charge in [0.05, 0.1) is 0 Å². The zero-order valence-electron chi connectivity index (χ0n) is 11.6. The fourth-order valence-electron chi connectivity index (χ4n) is 1.58. The largest absolute Gasteiger partial charge is 0.382 e. The average molecular weight is 305 g/mol. The minimum absolute atomic E-state index is 0.190. The van der Waals surface area contributed by atoms with Crippen LogP contribution in [0.2, 0.25) is 0 Å². The fourth-order valence-corrected chi connectivity index (χ4v) is 2.38. The minimum atomic E-state index is -0.518. The molecule has 2 aromatic rings. The molecule has 2 rings (SSSR count). The van der Waals surface area contributed by atoms with E-state index in [0.29, 0.717) is 21.3 Å². The lowest BCUT2D eigenvalue weighted by Gasteiger charge is -2.05. The number of nitrogen functional groups attached to an aromatic ring is 1. The molecule has 0 saturated carbocycles.